The number of rotatable bonds is 3. The molecule has 10 heavy (non-hydrogen) atoms. The van der Waals surface area contributed by atoms with Crippen LogP contribution in [0.15, 0.2) is 0 Å². The molecule has 0 aromatic heterocycles. The topological polar surface area (TPSA) is 27.0 Å². The molecule has 0 atom stereocenters. The van der Waals surface area contributed by atoms with Crippen LogP contribution in [0.25, 0.3) is 0 Å². The number of nitrogens with zero attached hydrogens (tertiary/aromatic N) is 2. The van der Waals surface area contributed by atoms with Gasteiger partial charge in [-0.05, 0) is 5.92 Å². The Morgan fingerprint density at radius 3 is 2.80 bits per heavy atom. The molecule has 1 rings (SSSR count). The maximum absolute atomic E-state index is 8.28. The van der Waals surface area contributed by atoms with Crippen LogP contribution in [-0.2, 0) is 0 Å². The highest BCUT2D eigenvalue weighted by Crippen LogP contribution is 2.17. The Morgan fingerprint density at radius 2 is 2.30 bits per heavy atom. The van der Waals surface area contributed by atoms with Crippen LogP contribution in [0.1, 0.15) is 19.8 Å². The van der Waals surface area contributed by atoms with Gasteiger partial charge in [-0.15, -0.1) is 0 Å². The van der Waals surface area contributed by atoms with Gasteiger partial charge < -0.3 is 4.90 Å². The van der Waals surface area contributed by atoms with Crippen molar-refractivity contribution in [1.29, 1.82) is 5.26 Å². The highest BCUT2D eigenvalue weighted by atomic mass is 15.2. The molecule has 2 nitrogen and oxygen atoms in total. The van der Waals surface area contributed by atoms with E-state index in [2.05, 4.69) is 17.9 Å². The lowest BCUT2D eigenvalue weighted by atomic mass is 9.97. The maximum atomic E-state index is 8.28. The monoisotopic (exact) mass is 138 g/mol. The average Bonchev–Trinajstić information content (AvgIpc) is 1.86. The third-order valence-electron chi connectivity index (χ3n) is 2.15. The normalized spacial score (nSPS) is 20.0. The third-order valence-corrected chi connectivity index (χ3v) is 2.15. The van der Waals surface area contributed by atoms with Crippen molar-refractivity contribution in [3.05, 3.63) is 0 Å². The summed E-state index contributed by atoms with van der Waals surface area (Å²) in [5.74, 6) is 0.915. The number of likely N-dealkylation sites (tertiary alicyclic amines) is 1. The number of hydrogen-bond donors (Lipinski definition) is 0. The standard InChI is InChI=1S/C8H14N2/c1-2-8-6-10(7-8)5-3-4-9/h8H,2-3,5-7H2,1H3. The molecule has 0 radical (unpaired) electrons. The van der Waals surface area contributed by atoms with Crippen LogP contribution in [-0.4, -0.2) is 24.5 Å². The molecule has 1 aliphatic heterocycles. The quantitative estimate of drug-likeness (QED) is 0.586. The second-order valence-corrected chi connectivity index (χ2v) is 2.94. The maximum Gasteiger partial charge on any atom is 0.0635 e. The van der Waals surface area contributed by atoms with Gasteiger partial charge in [0, 0.05) is 26.1 Å². The SMILES string of the molecule is CCC1CN(CCC#N)C1. The van der Waals surface area contributed by atoms with Gasteiger partial charge in [0.05, 0.1) is 6.07 Å². The summed E-state index contributed by atoms with van der Waals surface area (Å²) in [4.78, 5) is 2.34. The van der Waals surface area contributed by atoms with Gasteiger partial charge in [0.25, 0.3) is 0 Å². The van der Waals surface area contributed by atoms with E-state index in [1.165, 1.54) is 19.5 Å². The van der Waals surface area contributed by atoms with Gasteiger partial charge in [-0.25, -0.2) is 0 Å². The summed E-state index contributed by atoms with van der Waals surface area (Å²) in [6.45, 7) is 5.65. The fourth-order valence-corrected chi connectivity index (χ4v) is 1.33. The van der Waals surface area contributed by atoms with E-state index in [9.17, 15) is 0 Å². The Morgan fingerprint density at radius 1 is 1.60 bits per heavy atom. The van der Waals surface area contributed by atoms with Crippen LogP contribution >= 0.6 is 0 Å². The molecule has 0 aromatic carbocycles. The van der Waals surface area contributed by atoms with Crippen molar-refractivity contribution >= 4 is 0 Å². The van der Waals surface area contributed by atoms with Crippen molar-refractivity contribution in [2.75, 3.05) is 19.6 Å². The largest absolute Gasteiger partial charge is 0.302 e. The molecular weight excluding hydrogens is 124 g/mol. The van der Waals surface area contributed by atoms with E-state index < -0.39 is 0 Å². The predicted octanol–water partition coefficient (Wildman–Crippen LogP) is 1.24. The Hall–Kier alpha value is -0.550. The van der Waals surface area contributed by atoms with Gasteiger partial charge in [-0.3, -0.25) is 0 Å². The van der Waals surface area contributed by atoms with Crippen LogP contribution in [0.4, 0.5) is 0 Å². The van der Waals surface area contributed by atoms with Gasteiger partial charge >= 0.3 is 0 Å². The first-order valence-electron chi connectivity index (χ1n) is 3.96. The van der Waals surface area contributed by atoms with E-state index in [1.54, 1.807) is 0 Å². The van der Waals surface area contributed by atoms with Crippen LogP contribution < -0.4 is 0 Å². The molecule has 0 aromatic rings. The fraction of sp³-hybridized carbons (Fsp3) is 0.875. The average molecular weight is 138 g/mol. The van der Waals surface area contributed by atoms with Crippen molar-refractivity contribution in [3.8, 4) is 6.07 Å². The highest BCUT2D eigenvalue weighted by molar-refractivity contribution is 4.81. The summed E-state index contributed by atoms with van der Waals surface area (Å²) in [6.07, 6.45) is 1.99. The third kappa shape index (κ3) is 1.71. The summed E-state index contributed by atoms with van der Waals surface area (Å²) in [5, 5.41) is 8.28. The molecule has 0 N–H and O–H groups in total. The van der Waals surface area contributed by atoms with Crippen molar-refractivity contribution in [3.63, 3.8) is 0 Å². The molecule has 0 unspecified atom stereocenters. The molecule has 1 fully saturated rings. The summed E-state index contributed by atoms with van der Waals surface area (Å²) >= 11 is 0. The Labute approximate surface area is 62.4 Å². The second-order valence-electron chi connectivity index (χ2n) is 2.94. The first kappa shape index (κ1) is 7.56. The molecular formula is C8H14N2. The molecule has 1 aliphatic rings. The Bertz CT molecular complexity index is 131. The fourth-order valence-electron chi connectivity index (χ4n) is 1.33. The van der Waals surface area contributed by atoms with Crippen LogP contribution in [0.3, 0.4) is 0 Å². The Balaban J connectivity index is 1.99. The molecule has 0 saturated carbocycles. The van der Waals surface area contributed by atoms with E-state index in [0.717, 1.165) is 12.5 Å². The van der Waals surface area contributed by atoms with Crippen molar-refractivity contribution in [2.45, 2.75) is 19.8 Å². The lowest BCUT2D eigenvalue weighted by Gasteiger charge is -2.38. The number of nitriles is 1. The van der Waals surface area contributed by atoms with Crippen molar-refractivity contribution in [2.24, 2.45) is 5.92 Å². The van der Waals surface area contributed by atoms with Gasteiger partial charge in [-0.2, -0.15) is 5.26 Å². The minimum absolute atomic E-state index is 0.691. The lowest BCUT2D eigenvalue weighted by molar-refractivity contribution is 0.101. The van der Waals surface area contributed by atoms with Crippen molar-refractivity contribution in [1.82, 2.24) is 4.90 Å². The molecule has 1 saturated heterocycles. The minimum atomic E-state index is 0.691. The van der Waals surface area contributed by atoms with Gasteiger partial charge in [0.1, 0.15) is 0 Å². The minimum Gasteiger partial charge on any atom is -0.302 e. The van der Waals surface area contributed by atoms with E-state index in [-0.39, 0.29) is 0 Å². The van der Waals surface area contributed by atoms with Gasteiger partial charge in [0.2, 0.25) is 0 Å². The van der Waals surface area contributed by atoms with Gasteiger partial charge in [0.15, 0.2) is 0 Å². The zero-order chi connectivity index (χ0) is 7.40. The van der Waals surface area contributed by atoms with E-state index >= 15 is 0 Å². The lowest BCUT2D eigenvalue weighted by Crippen LogP contribution is -2.46. The van der Waals surface area contributed by atoms with Crippen molar-refractivity contribution < 1.29 is 0 Å². The van der Waals surface area contributed by atoms with Crippen LogP contribution in [0.2, 0.25) is 0 Å². The van der Waals surface area contributed by atoms with E-state index in [1.807, 2.05) is 0 Å². The smallest absolute Gasteiger partial charge is 0.0635 e. The second kappa shape index (κ2) is 3.58. The first-order chi connectivity index (χ1) is 4.86. The van der Waals surface area contributed by atoms with Crippen LogP contribution in [0.5, 0.6) is 0 Å². The van der Waals surface area contributed by atoms with Gasteiger partial charge in [-0.1, -0.05) is 13.3 Å². The molecule has 1 heterocycles. The summed E-state index contributed by atoms with van der Waals surface area (Å²) in [7, 11) is 0. The Kier molecular flexibility index (Phi) is 2.70. The first-order valence-corrected chi connectivity index (χ1v) is 3.96. The number of hydrogen-bond acceptors (Lipinski definition) is 2. The highest BCUT2D eigenvalue weighted by Gasteiger charge is 2.23. The van der Waals surface area contributed by atoms with E-state index in [0.29, 0.717) is 6.42 Å². The zero-order valence-corrected chi connectivity index (χ0v) is 6.51. The summed E-state index contributed by atoms with van der Waals surface area (Å²) in [6, 6.07) is 2.16. The van der Waals surface area contributed by atoms with E-state index in [4.69, 9.17) is 5.26 Å². The van der Waals surface area contributed by atoms with Crippen LogP contribution in [0, 0.1) is 17.2 Å². The summed E-state index contributed by atoms with van der Waals surface area (Å²) < 4.78 is 0. The molecule has 0 aliphatic carbocycles. The summed E-state index contributed by atoms with van der Waals surface area (Å²) in [5.41, 5.74) is 0. The molecule has 0 amide bonds. The molecule has 0 bridgehead atoms. The molecule has 2 heteroatoms. The molecule has 56 valence electrons. The zero-order valence-electron chi connectivity index (χ0n) is 6.51. The molecule has 0 spiro atoms. The predicted molar refractivity (Wildman–Crippen MR) is 40.5 cm³/mol.